The molecule has 1 aliphatic rings. The van der Waals surface area contributed by atoms with Crippen molar-refractivity contribution in [2.24, 2.45) is 0 Å². The SMILES string of the molecule is CC(C)c1ccc2oc(=O)cc(C[NH+]3CC[NH+](C)CC3)c2c1. The van der Waals surface area contributed by atoms with Crippen LogP contribution in [0.25, 0.3) is 11.0 Å². The number of benzene rings is 1. The molecule has 0 bridgehead atoms. The molecule has 0 atom stereocenters. The summed E-state index contributed by atoms with van der Waals surface area (Å²) in [5.41, 5.74) is 2.90. The Kier molecular flexibility index (Phi) is 4.32. The Morgan fingerprint density at radius 1 is 1.14 bits per heavy atom. The molecule has 1 saturated heterocycles. The van der Waals surface area contributed by atoms with E-state index in [4.69, 9.17) is 4.42 Å². The van der Waals surface area contributed by atoms with E-state index in [2.05, 4.69) is 33.0 Å². The van der Waals surface area contributed by atoms with Gasteiger partial charge in [-0.05, 0) is 23.6 Å². The zero-order chi connectivity index (χ0) is 15.7. The van der Waals surface area contributed by atoms with Crippen LogP contribution in [-0.4, -0.2) is 33.2 Å². The van der Waals surface area contributed by atoms with Gasteiger partial charge in [0.2, 0.25) is 0 Å². The smallest absolute Gasteiger partial charge is 0.336 e. The van der Waals surface area contributed by atoms with E-state index in [-0.39, 0.29) is 5.63 Å². The third-order valence-corrected chi connectivity index (χ3v) is 4.77. The molecule has 3 rings (SSSR count). The van der Waals surface area contributed by atoms with Crippen molar-refractivity contribution in [3.05, 3.63) is 45.8 Å². The molecule has 2 N–H and O–H groups in total. The number of piperazine rings is 1. The Morgan fingerprint density at radius 3 is 2.55 bits per heavy atom. The number of quaternary nitrogens is 2. The zero-order valence-electron chi connectivity index (χ0n) is 13.7. The molecule has 1 aliphatic heterocycles. The fourth-order valence-corrected chi connectivity index (χ4v) is 3.23. The van der Waals surface area contributed by atoms with Gasteiger partial charge in [-0.1, -0.05) is 19.9 Å². The van der Waals surface area contributed by atoms with Gasteiger partial charge in [0.15, 0.2) is 0 Å². The van der Waals surface area contributed by atoms with Crippen molar-refractivity contribution in [1.29, 1.82) is 0 Å². The lowest BCUT2D eigenvalue weighted by atomic mass is 9.99. The summed E-state index contributed by atoms with van der Waals surface area (Å²) in [5, 5.41) is 1.10. The second-order valence-electron chi connectivity index (χ2n) is 6.88. The summed E-state index contributed by atoms with van der Waals surface area (Å²) >= 11 is 0. The number of fused-ring (bicyclic) bond motifs is 1. The van der Waals surface area contributed by atoms with Crippen molar-refractivity contribution in [3.8, 4) is 0 Å². The Hall–Kier alpha value is -1.65. The highest BCUT2D eigenvalue weighted by molar-refractivity contribution is 5.80. The average molecular weight is 302 g/mol. The topological polar surface area (TPSA) is 39.1 Å². The third-order valence-electron chi connectivity index (χ3n) is 4.77. The highest BCUT2D eigenvalue weighted by Crippen LogP contribution is 2.22. The maximum Gasteiger partial charge on any atom is 0.336 e. The predicted octanol–water partition coefficient (Wildman–Crippen LogP) is -0.170. The van der Waals surface area contributed by atoms with E-state index in [1.807, 2.05) is 6.07 Å². The van der Waals surface area contributed by atoms with Crippen LogP contribution in [0.15, 0.2) is 33.5 Å². The fraction of sp³-hybridized carbons (Fsp3) is 0.500. The predicted molar refractivity (Wildman–Crippen MR) is 87.6 cm³/mol. The van der Waals surface area contributed by atoms with Gasteiger partial charge in [-0.3, -0.25) is 0 Å². The monoisotopic (exact) mass is 302 g/mol. The molecular weight excluding hydrogens is 276 g/mol. The largest absolute Gasteiger partial charge is 0.423 e. The molecule has 118 valence electrons. The average Bonchev–Trinajstić information content (AvgIpc) is 2.49. The fourth-order valence-electron chi connectivity index (χ4n) is 3.23. The summed E-state index contributed by atoms with van der Waals surface area (Å²) < 4.78 is 5.37. The molecule has 4 nitrogen and oxygen atoms in total. The molecule has 0 spiro atoms. The van der Waals surface area contributed by atoms with Gasteiger partial charge in [0.05, 0.1) is 7.05 Å². The summed E-state index contributed by atoms with van der Waals surface area (Å²) in [7, 11) is 2.25. The van der Waals surface area contributed by atoms with E-state index in [0.29, 0.717) is 11.5 Å². The van der Waals surface area contributed by atoms with Gasteiger partial charge >= 0.3 is 5.63 Å². The second-order valence-corrected chi connectivity index (χ2v) is 6.88. The molecular formula is C18H26N2O2+2. The molecule has 4 heteroatoms. The van der Waals surface area contributed by atoms with Gasteiger partial charge in [-0.15, -0.1) is 0 Å². The molecule has 0 amide bonds. The highest BCUT2D eigenvalue weighted by Gasteiger charge is 2.21. The lowest BCUT2D eigenvalue weighted by Crippen LogP contribution is -3.26. The van der Waals surface area contributed by atoms with E-state index < -0.39 is 0 Å². The van der Waals surface area contributed by atoms with Crippen LogP contribution in [0.5, 0.6) is 0 Å². The zero-order valence-corrected chi connectivity index (χ0v) is 13.7. The van der Waals surface area contributed by atoms with Crippen LogP contribution >= 0.6 is 0 Å². The van der Waals surface area contributed by atoms with Crippen molar-refractivity contribution in [2.75, 3.05) is 33.2 Å². The van der Waals surface area contributed by atoms with Crippen molar-refractivity contribution in [1.82, 2.24) is 0 Å². The standard InChI is InChI=1S/C18H24N2O2/c1-13(2)14-4-5-17-16(10-14)15(11-18(21)22-17)12-20-8-6-19(3)7-9-20/h4-5,10-11,13H,6-9,12H2,1-3H3/p+2. The lowest BCUT2D eigenvalue weighted by Gasteiger charge is -2.27. The molecule has 1 aromatic carbocycles. The van der Waals surface area contributed by atoms with E-state index >= 15 is 0 Å². The van der Waals surface area contributed by atoms with Crippen LogP contribution in [0, 0.1) is 0 Å². The minimum Gasteiger partial charge on any atom is -0.423 e. The summed E-state index contributed by atoms with van der Waals surface area (Å²) in [6, 6.07) is 7.88. The summed E-state index contributed by atoms with van der Waals surface area (Å²) in [5.74, 6) is 0.476. The number of hydrogen-bond acceptors (Lipinski definition) is 2. The minimum atomic E-state index is -0.237. The molecule has 0 aliphatic carbocycles. The minimum absolute atomic E-state index is 0.237. The lowest BCUT2D eigenvalue weighted by molar-refractivity contribution is -1.01. The van der Waals surface area contributed by atoms with Crippen molar-refractivity contribution in [3.63, 3.8) is 0 Å². The van der Waals surface area contributed by atoms with E-state index in [1.54, 1.807) is 15.9 Å². The maximum absolute atomic E-state index is 11.8. The van der Waals surface area contributed by atoms with Crippen LogP contribution in [0.1, 0.15) is 30.9 Å². The van der Waals surface area contributed by atoms with E-state index in [9.17, 15) is 4.79 Å². The first-order valence-corrected chi connectivity index (χ1v) is 8.24. The Morgan fingerprint density at radius 2 is 1.86 bits per heavy atom. The number of hydrogen-bond donors (Lipinski definition) is 2. The van der Waals surface area contributed by atoms with Crippen molar-refractivity contribution in [2.45, 2.75) is 26.3 Å². The van der Waals surface area contributed by atoms with Crippen LogP contribution in [0.2, 0.25) is 0 Å². The highest BCUT2D eigenvalue weighted by atomic mass is 16.4. The Bertz CT molecular complexity index is 713. The van der Waals surface area contributed by atoms with E-state index in [1.165, 1.54) is 18.7 Å². The van der Waals surface area contributed by atoms with Crippen LogP contribution in [0.3, 0.4) is 0 Å². The number of likely N-dealkylation sites (N-methyl/N-ethyl adjacent to an activating group) is 1. The summed E-state index contributed by atoms with van der Waals surface area (Å²) in [4.78, 5) is 15.0. The van der Waals surface area contributed by atoms with E-state index in [0.717, 1.165) is 30.6 Å². The Balaban J connectivity index is 1.96. The Labute approximate surface area is 131 Å². The molecule has 0 unspecified atom stereocenters. The molecule has 1 aromatic heterocycles. The number of nitrogens with one attached hydrogen (secondary N) is 2. The summed E-state index contributed by atoms with van der Waals surface area (Å²) in [6.07, 6.45) is 0. The molecule has 0 radical (unpaired) electrons. The number of rotatable bonds is 3. The summed E-state index contributed by atoms with van der Waals surface area (Å²) in [6.45, 7) is 10.0. The molecule has 22 heavy (non-hydrogen) atoms. The van der Waals surface area contributed by atoms with Gasteiger partial charge in [0.25, 0.3) is 0 Å². The first kappa shape index (κ1) is 15.3. The van der Waals surface area contributed by atoms with Crippen LogP contribution < -0.4 is 15.4 Å². The van der Waals surface area contributed by atoms with Gasteiger partial charge in [-0.25, -0.2) is 4.79 Å². The molecule has 2 aromatic rings. The normalized spacial score (nSPS) is 22.4. The van der Waals surface area contributed by atoms with Gasteiger partial charge < -0.3 is 14.2 Å². The van der Waals surface area contributed by atoms with Crippen LogP contribution in [-0.2, 0) is 6.54 Å². The van der Waals surface area contributed by atoms with Crippen molar-refractivity contribution >= 4 is 11.0 Å². The molecule has 0 saturated carbocycles. The third kappa shape index (κ3) is 3.23. The van der Waals surface area contributed by atoms with Crippen LogP contribution in [0.4, 0.5) is 0 Å². The van der Waals surface area contributed by atoms with Gasteiger partial charge in [0.1, 0.15) is 38.3 Å². The first-order chi connectivity index (χ1) is 10.5. The quantitative estimate of drug-likeness (QED) is 0.773. The molecule has 2 heterocycles. The van der Waals surface area contributed by atoms with Crippen molar-refractivity contribution < 1.29 is 14.2 Å². The van der Waals surface area contributed by atoms with Gasteiger partial charge in [-0.2, -0.15) is 0 Å². The molecule has 1 fully saturated rings. The van der Waals surface area contributed by atoms with Gasteiger partial charge in [0, 0.05) is 17.0 Å². The first-order valence-electron chi connectivity index (χ1n) is 8.24. The maximum atomic E-state index is 11.8. The second kappa shape index (κ2) is 6.23.